The van der Waals surface area contributed by atoms with Gasteiger partial charge in [0.15, 0.2) is 0 Å². The zero-order valence-corrected chi connectivity index (χ0v) is 13.1. The third kappa shape index (κ3) is 2.49. The van der Waals surface area contributed by atoms with E-state index in [2.05, 4.69) is 36.0 Å². The van der Waals surface area contributed by atoms with Crippen LogP contribution in [0, 0.1) is 0 Å². The number of piperazine rings is 1. The summed E-state index contributed by atoms with van der Waals surface area (Å²) in [6, 6.07) is 3.49. The predicted molar refractivity (Wildman–Crippen MR) is 85.1 cm³/mol. The second-order valence-corrected chi connectivity index (χ2v) is 6.89. The Hall–Kier alpha value is -2.02. The van der Waals surface area contributed by atoms with E-state index in [9.17, 15) is 0 Å². The van der Waals surface area contributed by atoms with Crippen LogP contribution in [0.1, 0.15) is 30.9 Å². The number of rotatable bonds is 5. The van der Waals surface area contributed by atoms with Crippen molar-refractivity contribution < 1.29 is 0 Å². The number of nitrogens with zero attached hydrogens (tertiary/aromatic N) is 7. The molecule has 0 aromatic carbocycles. The summed E-state index contributed by atoms with van der Waals surface area (Å²) in [4.78, 5) is 15.8. The van der Waals surface area contributed by atoms with E-state index in [1.54, 1.807) is 23.5 Å². The van der Waals surface area contributed by atoms with E-state index in [-0.39, 0.29) is 0 Å². The molecule has 2 aromatic rings. The highest BCUT2D eigenvalue weighted by Crippen LogP contribution is 2.40. The van der Waals surface area contributed by atoms with E-state index >= 15 is 0 Å². The van der Waals surface area contributed by atoms with Crippen LogP contribution < -0.4 is 4.90 Å². The standard InChI is InChI=1S/C16H21N7/c1-2-12(1)15-8-16(18-11-17-15)21-9-13-7-14(10-21)22(13)5-6-23-19-3-4-20-23/h3-4,8,11-14H,1-2,5-7,9-10H2. The van der Waals surface area contributed by atoms with E-state index in [0.717, 1.165) is 32.0 Å². The quantitative estimate of drug-likeness (QED) is 0.818. The van der Waals surface area contributed by atoms with Gasteiger partial charge in [0.2, 0.25) is 0 Å². The maximum absolute atomic E-state index is 4.51. The van der Waals surface area contributed by atoms with Crippen LogP contribution in [0.3, 0.4) is 0 Å². The molecular formula is C16H21N7. The molecule has 3 aliphatic heterocycles. The van der Waals surface area contributed by atoms with Gasteiger partial charge in [-0.15, -0.1) is 0 Å². The normalized spacial score (nSPS) is 27.0. The molecule has 0 radical (unpaired) electrons. The van der Waals surface area contributed by atoms with Crippen molar-refractivity contribution in [2.45, 2.75) is 43.8 Å². The summed E-state index contributed by atoms with van der Waals surface area (Å²) in [5.41, 5.74) is 1.23. The number of fused-ring (bicyclic) bond motifs is 2. The van der Waals surface area contributed by atoms with Crippen LogP contribution in [0.25, 0.3) is 0 Å². The smallest absolute Gasteiger partial charge is 0.132 e. The van der Waals surface area contributed by atoms with Gasteiger partial charge in [-0.3, -0.25) is 4.90 Å². The largest absolute Gasteiger partial charge is 0.353 e. The molecule has 23 heavy (non-hydrogen) atoms. The molecule has 3 saturated heterocycles. The first-order chi connectivity index (χ1) is 11.4. The highest BCUT2D eigenvalue weighted by atomic mass is 15.5. The van der Waals surface area contributed by atoms with Crippen LogP contribution in [0.2, 0.25) is 0 Å². The van der Waals surface area contributed by atoms with Gasteiger partial charge in [-0.05, 0) is 19.3 Å². The molecule has 7 nitrogen and oxygen atoms in total. The second-order valence-electron chi connectivity index (χ2n) is 6.89. The SMILES string of the molecule is c1nc(C2CC2)cc(N2CC3CC(C2)N3CCn2nccn2)n1. The maximum Gasteiger partial charge on any atom is 0.132 e. The predicted octanol–water partition coefficient (Wildman–Crippen LogP) is 0.909. The molecule has 4 fully saturated rings. The van der Waals surface area contributed by atoms with Gasteiger partial charge in [-0.2, -0.15) is 15.0 Å². The number of aromatic nitrogens is 5. The maximum atomic E-state index is 4.51. The van der Waals surface area contributed by atoms with E-state index < -0.39 is 0 Å². The van der Waals surface area contributed by atoms with Crippen LogP contribution >= 0.6 is 0 Å². The lowest BCUT2D eigenvalue weighted by Gasteiger charge is -2.56. The number of hydrogen-bond acceptors (Lipinski definition) is 6. The lowest BCUT2D eigenvalue weighted by molar-refractivity contribution is -0.00510. The Labute approximate surface area is 135 Å². The Balaban J connectivity index is 1.23. The minimum absolute atomic E-state index is 0.642. The summed E-state index contributed by atoms with van der Waals surface area (Å²) in [7, 11) is 0. The number of piperidine rings is 1. The van der Waals surface area contributed by atoms with Crippen LogP contribution in [0.5, 0.6) is 0 Å². The summed E-state index contributed by atoms with van der Waals surface area (Å²) in [5, 5.41) is 8.37. The molecule has 0 spiro atoms. The average Bonchev–Trinajstić information content (AvgIpc) is 3.32. The molecule has 2 unspecified atom stereocenters. The van der Waals surface area contributed by atoms with E-state index in [0.29, 0.717) is 18.0 Å². The highest BCUT2D eigenvalue weighted by molar-refractivity contribution is 5.42. The van der Waals surface area contributed by atoms with Gasteiger partial charge in [0.05, 0.1) is 18.9 Å². The minimum atomic E-state index is 0.642. The summed E-state index contributed by atoms with van der Waals surface area (Å²) >= 11 is 0. The molecule has 4 aliphatic rings. The zero-order valence-electron chi connectivity index (χ0n) is 13.1. The first-order valence-electron chi connectivity index (χ1n) is 8.53. The Kier molecular flexibility index (Phi) is 3.07. The van der Waals surface area contributed by atoms with Crippen LogP contribution in [0.15, 0.2) is 24.8 Å². The van der Waals surface area contributed by atoms with Crippen LogP contribution in [-0.2, 0) is 6.54 Å². The monoisotopic (exact) mass is 311 g/mol. The van der Waals surface area contributed by atoms with E-state index in [4.69, 9.17) is 0 Å². The lowest BCUT2D eigenvalue weighted by Crippen LogP contribution is -2.69. The van der Waals surface area contributed by atoms with Crippen LogP contribution in [0.4, 0.5) is 5.82 Å². The van der Waals surface area contributed by atoms with Crippen molar-refractivity contribution in [2.24, 2.45) is 0 Å². The molecule has 6 rings (SSSR count). The Morgan fingerprint density at radius 1 is 1.00 bits per heavy atom. The molecule has 2 atom stereocenters. The lowest BCUT2D eigenvalue weighted by atomic mass is 9.87. The van der Waals surface area contributed by atoms with Crippen molar-refractivity contribution in [1.29, 1.82) is 0 Å². The zero-order chi connectivity index (χ0) is 15.2. The second kappa shape index (κ2) is 5.26. The van der Waals surface area contributed by atoms with Gasteiger partial charge in [-0.1, -0.05) is 0 Å². The van der Waals surface area contributed by atoms with Crippen molar-refractivity contribution in [3.8, 4) is 0 Å². The van der Waals surface area contributed by atoms with Gasteiger partial charge in [0, 0.05) is 49.4 Å². The van der Waals surface area contributed by atoms with Gasteiger partial charge >= 0.3 is 0 Å². The Morgan fingerprint density at radius 3 is 2.52 bits per heavy atom. The summed E-state index contributed by atoms with van der Waals surface area (Å²) < 4.78 is 0. The van der Waals surface area contributed by atoms with Crippen molar-refractivity contribution in [3.63, 3.8) is 0 Å². The molecule has 0 amide bonds. The van der Waals surface area contributed by atoms with Gasteiger partial charge in [-0.25, -0.2) is 9.97 Å². The van der Waals surface area contributed by atoms with Gasteiger partial charge < -0.3 is 4.90 Å². The Morgan fingerprint density at radius 2 is 1.78 bits per heavy atom. The summed E-state index contributed by atoms with van der Waals surface area (Å²) in [6.07, 6.45) is 9.11. The molecule has 0 N–H and O–H groups in total. The van der Waals surface area contributed by atoms with Crippen molar-refractivity contribution in [1.82, 2.24) is 29.9 Å². The molecule has 7 heteroatoms. The molecule has 1 aliphatic carbocycles. The molecule has 1 saturated carbocycles. The first kappa shape index (κ1) is 13.4. The number of hydrogen-bond donors (Lipinski definition) is 0. The minimum Gasteiger partial charge on any atom is -0.353 e. The fourth-order valence-electron chi connectivity index (χ4n) is 3.94. The first-order valence-corrected chi connectivity index (χ1v) is 8.53. The van der Waals surface area contributed by atoms with Crippen molar-refractivity contribution in [2.75, 3.05) is 24.5 Å². The van der Waals surface area contributed by atoms with Crippen molar-refractivity contribution in [3.05, 3.63) is 30.5 Å². The molecule has 120 valence electrons. The highest BCUT2D eigenvalue weighted by Gasteiger charge is 2.44. The van der Waals surface area contributed by atoms with Gasteiger partial charge in [0.1, 0.15) is 12.1 Å². The molecule has 2 aromatic heterocycles. The topological polar surface area (TPSA) is 63.0 Å². The van der Waals surface area contributed by atoms with E-state index in [1.807, 2.05) is 0 Å². The van der Waals surface area contributed by atoms with Crippen LogP contribution in [-0.4, -0.2) is 61.6 Å². The number of anilines is 1. The third-order valence-corrected chi connectivity index (χ3v) is 5.36. The van der Waals surface area contributed by atoms with Gasteiger partial charge in [0.25, 0.3) is 0 Å². The Bertz CT molecular complexity index is 669. The van der Waals surface area contributed by atoms with E-state index in [1.165, 1.54) is 25.0 Å². The fourth-order valence-corrected chi connectivity index (χ4v) is 3.94. The average molecular weight is 311 g/mol. The fraction of sp³-hybridized carbons (Fsp3) is 0.625. The summed E-state index contributed by atoms with van der Waals surface area (Å²) in [6.45, 7) is 4.06. The third-order valence-electron chi connectivity index (χ3n) is 5.36. The van der Waals surface area contributed by atoms with Crippen molar-refractivity contribution >= 4 is 5.82 Å². The molecule has 2 bridgehead atoms. The summed E-state index contributed by atoms with van der Waals surface area (Å²) in [5.74, 6) is 1.80. The molecule has 5 heterocycles. The molecular weight excluding hydrogens is 290 g/mol.